The maximum atomic E-state index is 13.0. The van der Waals surface area contributed by atoms with Gasteiger partial charge in [-0.05, 0) is 47.7 Å². The van der Waals surface area contributed by atoms with E-state index in [4.69, 9.17) is 16.3 Å². The predicted molar refractivity (Wildman–Crippen MR) is 121 cm³/mol. The van der Waals surface area contributed by atoms with Gasteiger partial charge in [0.1, 0.15) is 5.75 Å². The molecule has 3 rings (SSSR count). The van der Waals surface area contributed by atoms with Gasteiger partial charge in [0.25, 0.3) is 5.91 Å². The van der Waals surface area contributed by atoms with Crippen molar-refractivity contribution in [3.05, 3.63) is 74.7 Å². The summed E-state index contributed by atoms with van der Waals surface area (Å²) in [4.78, 5) is 17.1. The Morgan fingerprint density at radius 2 is 1.97 bits per heavy atom. The summed E-state index contributed by atoms with van der Waals surface area (Å²) >= 11 is 6.86. The zero-order valence-corrected chi connectivity index (χ0v) is 19.3. The number of amides is 1. The first kappa shape index (κ1) is 24.1. The van der Waals surface area contributed by atoms with Crippen LogP contribution in [-0.4, -0.2) is 17.5 Å². The Balaban J connectivity index is 1.61. The van der Waals surface area contributed by atoms with E-state index in [1.807, 2.05) is 39.0 Å². The Bertz CT molecular complexity index is 1110. The lowest BCUT2D eigenvalue weighted by atomic mass is 10.0. The van der Waals surface area contributed by atoms with E-state index in [0.717, 1.165) is 17.2 Å². The van der Waals surface area contributed by atoms with Gasteiger partial charge in [-0.3, -0.25) is 10.1 Å². The van der Waals surface area contributed by atoms with E-state index in [-0.39, 0.29) is 29.9 Å². The van der Waals surface area contributed by atoms with Crippen LogP contribution in [0.4, 0.5) is 18.3 Å². The summed E-state index contributed by atoms with van der Waals surface area (Å²) in [5.74, 6) is 0.548. The van der Waals surface area contributed by atoms with Gasteiger partial charge in [0, 0.05) is 17.5 Å². The normalized spacial score (nSPS) is 11.6. The SMILES string of the molecule is Cc1ccc(C(C)C)c(OCC(=O)Nc2ncc(Cc3ccc(Cl)c(C(F)(F)F)c3)s2)c1. The maximum Gasteiger partial charge on any atom is 0.417 e. The number of aryl methyl sites for hydroxylation is 1. The second-order valence-corrected chi connectivity index (χ2v) is 9.18. The fraction of sp³-hybridized carbons (Fsp3) is 0.304. The lowest BCUT2D eigenvalue weighted by Crippen LogP contribution is -2.20. The zero-order chi connectivity index (χ0) is 23.5. The summed E-state index contributed by atoms with van der Waals surface area (Å²) in [6.45, 7) is 5.87. The molecule has 0 atom stereocenters. The summed E-state index contributed by atoms with van der Waals surface area (Å²) in [5, 5.41) is 2.68. The number of halogens is 4. The van der Waals surface area contributed by atoms with Crippen LogP contribution in [0.25, 0.3) is 0 Å². The Morgan fingerprint density at radius 3 is 2.66 bits per heavy atom. The van der Waals surface area contributed by atoms with Crippen LogP contribution in [0.2, 0.25) is 5.02 Å². The molecule has 9 heteroatoms. The molecule has 1 aromatic heterocycles. The second-order valence-electron chi connectivity index (χ2n) is 7.65. The second kappa shape index (κ2) is 9.92. The van der Waals surface area contributed by atoms with Crippen LogP contribution in [0, 0.1) is 6.92 Å². The molecule has 0 radical (unpaired) electrons. The van der Waals surface area contributed by atoms with Crippen LogP contribution in [0.3, 0.4) is 0 Å². The molecule has 4 nitrogen and oxygen atoms in total. The van der Waals surface area contributed by atoms with Crippen LogP contribution >= 0.6 is 22.9 Å². The van der Waals surface area contributed by atoms with Gasteiger partial charge in [0.15, 0.2) is 11.7 Å². The molecule has 0 spiro atoms. The highest BCUT2D eigenvalue weighted by Gasteiger charge is 2.33. The highest BCUT2D eigenvalue weighted by molar-refractivity contribution is 7.15. The minimum atomic E-state index is -4.52. The van der Waals surface area contributed by atoms with Crippen molar-refractivity contribution in [3.8, 4) is 5.75 Å². The molecule has 1 amide bonds. The molecule has 0 aliphatic rings. The number of aromatic nitrogens is 1. The molecule has 0 aliphatic heterocycles. The van der Waals surface area contributed by atoms with Gasteiger partial charge >= 0.3 is 6.18 Å². The molecule has 2 aromatic carbocycles. The summed E-state index contributed by atoms with van der Waals surface area (Å²) in [6, 6.07) is 9.68. The van der Waals surface area contributed by atoms with Gasteiger partial charge in [-0.25, -0.2) is 4.98 Å². The van der Waals surface area contributed by atoms with Crippen molar-refractivity contribution in [1.82, 2.24) is 4.98 Å². The number of hydrogen-bond acceptors (Lipinski definition) is 4. The van der Waals surface area contributed by atoms with E-state index < -0.39 is 11.7 Å². The van der Waals surface area contributed by atoms with Crippen LogP contribution in [-0.2, 0) is 17.4 Å². The van der Waals surface area contributed by atoms with Gasteiger partial charge in [-0.2, -0.15) is 13.2 Å². The van der Waals surface area contributed by atoms with Gasteiger partial charge in [-0.1, -0.05) is 43.6 Å². The molecule has 3 aromatic rings. The van der Waals surface area contributed by atoms with Crippen molar-refractivity contribution in [2.24, 2.45) is 0 Å². The van der Waals surface area contributed by atoms with Crippen LogP contribution in [0.1, 0.15) is 46.9 Å². The van der Waals surface area contributed by atoms with Crippen molar-refractivity contribution in [1.29, 1.82) is 0 Å². The average Bonchev–Trinajstić information content (AvgIpc) is 3.13. The Morgan fingerprint density at radius 1 is 1.22 bits per heavy atom. The zero-order valence-electron chi connectivity index (χ0n) is 17.7. The van der Waals surface area contributed by atoms with Gasteiger partial charge < -0.3 is 4.74 Å². The van der Waals surface area contributed by atoms with Crippen LogP contribution < -0.4 is 10.1 Å². The summed E-state index contributed by atoms with van der Waals surface area (Å²) < 4.78 is 44.9. The third-order valence-corrected chi connectivity index (χ3v) is 5.91. The molecule has 0 unspecified atom stereocenters. The molecule has 32 heavy (non-hydrogen) atoms. The van der Waals surface area contributed by atoms with Crippen LogP contribution in [0.15, 0.2) is 42.6 Å². The number of nitrogens with one attached hydrogen (secondary N) is 1. The maximum absolute atomic E-state index is 13.0. The molecular formula is C23H22ClF3N2O2S. The molecule has 1 N–H and O–H groups in total. The predicted octanol–water partition coefficient (Wildman–Crippen LogP) is 6.86. The van der Waals surface area contributed by atoms with Gasteiger partial charge in [0.05, 0.1) is 10.6 Å². The third kappa shape index (κ3) is 6.23. The number of anilines is 1. The smallest absolute Gasteiger partial charge is 0.417 e. The van der Waals surface area contributed by atoms with Crippen molar-refractivity contribution in [2.45, 2.75) is 39.3 Å². The number of carbonyl (C=O) groups excluding carboxylic acids is 1. The fourth-order valence-corrected chi connectivity index (χ4v) is 4.18. The van der Waals surface area contributed by atoms with Crippen molar-refractivity contribution < 1.29 is 22.7 Å². The number of rotatable bonds is 7. The number of thiazole rings is 1. The molecular weight excluding hydrogens is 461 g/mol. The molecule has 0 aliphatic carbocycles. The number of alkyl halides is 3. The first-order chi connectivity index (χ1) is 15.0. The van der Waals surface area contributed by atoms with E-state index in [9.17, 15) is 18.0 Å². The minimum Gasteiger partial charge on any atom is -0.483 e. The Kier molecular flexibility index (Phi) is 7.46. The first-order valence-electron chi connectivity index (χ1n) is 9.86. The number of carbonyl (C=O) groups is 1. The van der Waals surface area contributed by atoms with E-state index in [2.05, 4.69) is 10.3 Å². The first-order valence-corrected chi connectivity index (χ1v) is 11.1. The summed E-state index contributed by atoms with van der Waals surface area (Å²) in [6.07, 6.45) is -2.75. The minimum absolute atomic E-state index is 0.176. The largest absolute Gasteiger partial charge is 0.483 e. The van der Waals surface area contributed by atoms with E-state index in [1.165, 1.54) is 29.7 Å². The number of hydrogen-bond donors (Lipinski definition) is 1. The van der Waals surface area contributed by atoms with Crippen molar-refractivity contribution >= 4 is 34.0 Å². The monoisotopic (exact) mass is 482 g/mol. The fourth-order valence-electron chi connectivity index (χ4n) is 3.09. The highest BCUT2D eigenvalue weighted by Crippen LogP contribution is 2.36. The van der Waals surface area contributed by atoms with E-state index in [1.54, 1.807) is 0 Å². The van der Waals surface area contributed by atoms with Gasteiger partial charge in [0.2, 0.25) is 0 Å². The highest BCUT2D eigenvalue weighted by atomic mass is 35.5. The molecule has 0 saturated heterocycles. The lowest BCUT2D eigenvalue weighted by molar-refractivity contribution is -0.137. The summed E-state index contributed by atoms with van der Waals surface area (Å²) in [7, 11) is 0. The summed E-state index contributed by atoms with van der Waals surface area (Å²) in [5.41, 5.74) is 1.63. The number of benzene rings is 2. The van der Waals surface area contributed by atoms with Crippen LogP contribution in [0.5, 0.6) is 5.75 Å². The number of ether oxygens (including phenoxy) is 1. The lowest BCUT2D eigenvalue weighted by Gasteiger charge is -2.14. The van der Waals surface area contributed by atoms with Crippen molar-refractivity contribution in [3.63, 3.8) is 0 Å². The van der Waals surface area contributed by atoms with Gasteiger partial charge in [-0.15, -0.1) is 11.3 Å². The van der Waals surface area contributed by atoms with E-state index in [0.29, 0.717) is 21.3 Å². The quantitative estimate of drug-likeness (QED) is 0.400. The Hall–Kier alpha value is -2.58. The molecule has 1 heterocycles. The Labute approximate surface area is 193 Å². The topological polar surface area (TPSA) is 51.2 Å². The molecule has 0 fully saturated rings. The molecule has 0 bridgehead atoms. The molecule has 0 saturated carbocycles. The van der Waals surface area contributed by atoms with Crippen molar-refractivity contribution in [2.75, 3.05) is 11.9 Å². The number of nitrogens with zero attached hydrogens (tertiary/aromatic N) is 1. The third-order valence-electron chi connectivity index (χ3n) is 4.66. The average molecular weight is 483 g/mol. The standard InChI is InChI=1S/C23H22ClF3N2O2S/c1-13(2)17-6-4-14(3)8-20(17)31-12-21(30)29-22-28-11-16(32-22)9-15-5-7-19(24)18(10-15)23(25,26)27/h4-8,10-11,13H,9,12H2,1-3H3,(H,28,29,30). The molecule has 170 valence electrons. The van der Waals surface area contributed by atoms with E-state index >= 15 is 0 Å².